The first kappa shape index (κ1) is 10.3. The van der Waals surface area contributed by atoms with Crippen LogP contribution in [-0.2, 0) is 6.54 Å². The summed E-state index contributed by atoms with van der Waals surface area (Å²) in [5.41, 5.74) is 8.32. The first-order valence-corrected chi connectivity index (χ1v) is 5.48. The zero-order chi connectivity index (χ0) is 9.68. The van der Waals surface area contributed by atoms with Crippen LogP contribution in [0, 0.1) is 6.92 Å². The zero-order valence-corrected chi connectivity index (χ0v) is 9.03. The van der Waals surface area contributed by atoms with Gasteiger partial charge in [-0.3, -0.25) is 4.99 Å². The Morgan fingerprint density at radius 1 is 1.54 bits per heavy atom. The molecule has 0 saturated carbocycles. The van der Waals surface area contributed by atoms with Gasteiger partial charge in [0, 0.05) is 6.42 Å². The molecule has 3 heteroatoms. The molecule has 0 aromatic carbocycles. The minimum absolute atomic E-state index is 0.737. The van der Waals surface area contributed by atoms with Crippen molar-refractivity contribution in [1.82, 2.24) is 0 Å². The standard InChI is InChI=1S/C10H16N2S/c1-3-4-10(11)12-5-9-7-13-6-8(9)2/h6-7H,3-5H2,1-2H3,(H2,11,12). The Morgan fingerprint density at radius 2 is 2.31 bits per heavy atom. The van der Waals surface area contributed by atoms with Crippen LogP contribution in [0.4, 0.5) is 0 Å². The molecule has 1 aromatic rings. The number of amidine groups is 1. The van der Waals surface area contributed by atoms with E-state index in [1.165, 1.54) is 11.1 Å². The highest BCUT2D eigenvalue weighted by Crippen LogP contribution is 2.14. The van der Waals surface area contributed by atoms with Crippen LogP contribution in [-0.4, -0.2) is 5.84 Å². The molecule has 0 bridgehead atoms. The summed E-state index contributed by atoms with van der Waals surface area (Å²) < 4.78 is 0. The number of nitrogens with zero attached hydrogens (tertiary/aromatic N) is 1. The number of rotatable bonds is 4. The van der Waals surface area contributed by atoms with Gasteiger partial charge in [-0.15, -0.1) is 0 Å². The van der Waals surface area contributed by atoms with E-state index in [0.29, 0.717) is 0 Å². The fraction of sp³-hybridized carbons (Fsp3) is 0.500. The van der Waals surface area contributed by atoms with Crippen molar-refractivity contribution in [3.63, 3.8) is 0 Å². The molecule has 0 fully saturated rings. The van der Waals surface area contributed by atoms with Crippen LogP contribution >= 0.6 is 11.3 Å². The van der Waals surface area contributed by atoms with E-state index in [0.717, 1.165) is 25.2 Å². The fourth-order valence-corrected chi connectivity index (χ4v) is 1.92. The molecular weight excluding hydrogens is 180 g/mol. The molecule has 0 atom stereocenters. The Morgan fingerprint density at radius 3 is 2.85 bits per heavy atom. The largest absolute Gasteiger partial charge is 0.387 e. The lowest BCUT2D eigenvalue weighted by molar-refractivity contribution is 0.953. The molecule has 1 aromatic heterocycles. The molecule has 1 rings (SSSR count). The van der Waals surface area contributed by atoms with Gasteiger partial charge in [0.05, 0.1) is 12.4 Å². The Labute approximate surface area is 83.5 Å². The lowest BCUT2D eigenvalue weighted by Gasteiger charge is -1.98. The molecule has 0 unspecified atom stereocenters. The van der Waals surface area contributed by atoms with Crippen molar-refractivity contribution in [2.45, 2.75) is 33.2 Å². The second-order valence-electron chi connectivity index (χ2n) is 3.14. The zero-order valence-electron chi connectivity index (χ0n) is 8.21. The van der Waals surface area contributed by atoms with Gasteiger partial charge in [0.15, 0.2) is 0 Å². The number of thiophene rings is 1. The van der Waals surface area contributed by atoms with Crippen molar-refractivity contribution in [3.05, 3.63) is 21.9 Å². The summed E-state index contributed by atoms with van der Waals surface area (Å²) in [6.07, 6.45) is 1.97. The number of aryl methyl sites for hydroxylation is 1. The second-order valence-corrected chi connectivity index (χ2v) is 3.88. The van der Waals surface area contributed by atoms with Gasteiger partial charge in [-0.1, -0.05) is 6.92 Å². The molecule has 0 aliphatic heterocycles. The highest BCUT2D eigenvalue weighted by Gasteiger charge is 1.97. The van der Waals surface area contributed by atoms with Crippen molar-refractivity contribution in [2.24, 2.45) is 10.7 Å². The van der Waals surface area contributed by atoms with Crippen molar-refractivity contribution in [3.8, 4) is 0 Å². The van der Waals surface area contributed by atoms with Crippen LogP contribution in [0.2, 0.25) is 0 Å². The lowest BCUT2D eigenvalue weighted by atomic mass is 10.2. The van der Waals surface area contributed by atoms with Gasteiger partial charge in [0.25, 0.3) is 0 Å². The lowest BCUT2D eigenvalue weighted by Crippen LogP contribution is -2.11. The van der Waals surface area contributed by atoms with Crippen molar-refractivity contribution >= 4 is 17.2 Å². The van der Waals surface area contributed by atoms with E-state index in [1.807, 2.05) is 0 Å². The molecule has 0 aliphatic rings. The quantitative estimate of drug-likeness (QED) is 0.583. The second kappa shape index (κ2) is 5.02. The van der Waals surface area contributed by atoms with Gasteiger partial charge in [-0.25, -0.2) is 0 Å². The minimum Gasteiger partial charge on any atom is -0.387 e. The Balaban J connectivity index is 2.51. The maximum atomic E-state index is 5.70. The summed E-state index contributed by atoms with van der Waals surface area (Å²) in [5.74, 6) is 0.771. The first-order valence-electron chi connectivity index (χ1n) is 4.54. The smallest absolute Gasteiger partial charge is 0.0941 e. The van der Waals surface area contributed by atoms with Gasteiger partial charge in [-0.05, 0) is 35.2 Å². The fourth-order valence-electron chi connectivity index (χ4n) is 1.07. The highest BCUT2D eigenvalue weighted by atomic mass is 32.1. The molecule has 0 saturated heterocycles. The van der Waals surface area contributed by atoms with E-state index in [1.54, 1.807) is 11.3 Å². The number of hydrogen-bond acceptors (Lipinski definition) is 2. The summed E-state index contributed by atoms with van der Waals surface area (Å²) >= 11 is 1.72. The van der Waals surface area contributed by atoms with Crippen LogP contribution in [0.3, 0.4) is 0 Å². The van der Waals surface area contributed by atoms with Gasteiger partial charge in [0.2, 0.25) is 0 Å². The predicted octanol–water partition coefficient (Wildman–Crippen LogP) is 2.71. The Hall–Kier alpha value is -0.830. The van der Waals surface area contributed by atoms with Crippen LogP contribution < -0.4 is 5.73 Å². The molecule has 2 nitrogen and oxygen atoms in total. The van der Waals surface area contributed by atoms with Crippen molar-refractivity contribution in [1.29, 1.82) is 0 Å². The van der Waals surface area contributed by atoms with Gasteiger partial charge in [0.1, 0.15) is 0 Å². The Bertz CT molecular complexity index is 289. The summed E-state index contributed by atoms with van der Waals surface area (Å²) in [6.45, 7) is 4.96. The Kier molecular flexibility index (Phi) is 3.96. The summed E-state index contributed by atoms with van der Waals surface area (Å²) in [6, 6.07) is 0. The topological polar surface area (TPSA) is 38.4 Å². The van der Waals surface area contributed by atoms with E-state index >= 15 is 0 Å². The average molecular weight is 196 g/mol. The molecule has 0 aliphatic carbocycles. The molecule has 1 heterocycles. The van der Waals surface area contributed by atoms with Crippen LogP contribution in [0.5, 0.6) is 0 Å². The van der Waals surface area contributed by atoms with Crippen LogP contribution in [0.1, 0.15) is 30.9 Å². The molecule has 0 radical (unpaired) electrons. The first-order chi connectivity index (χ1) is 6.24. The minimum atomic E-state index is 0.737. The third kappa shape index (κ3) is 3.19. The monoisotopic (exact) mass is 196 g/mol. The van der Waals surface area contributed by atoms with Gasteiger partial charge in [-0.2, -0.15) is 11.3 Å². The van der Waals surface area contributed by atoms with Gasteiger partial charge >= 0.3 is 0 Å². The maximum absolute atomic E-state index is 5.70. The molecule has 72 valence electrons. The number of nitrogens with two attached hydrogens (primary N) is 1. The number of aliphatic imine (C=N–C) groups is 1. The molecule has 13 heavy (non-hydrogen) atoms. The van der Waals surface area contributed by atoms with E-state index in [9.17, 15) is 0 Å². The van der Waals surface area contributed by atoms with E-state index < -0.39 is 0 Å². The summed E-state index contributed by atoms with van der Waals surface area (Å²) in [7, 11) is 0. The van der Waals surface area contributed by atoms with Gasteiger partial charge < -0.3 is 5.73 Å². The van der Waals surface area contributed by atoms with E-state index in [2.05, 4.69) is 29.6 Å². The predicted molar refractivity (Wildman–Crippen MR) is 59.3 cm³/mol. The SMILES string of the molecule is CCCC(N)=NCc1cscc1C. The highest BCUT2D eigenvalue weighted by molar-refractivity contribution is 7.08. The maximum Gasteiger partial charge on any atom is 0.0941 e. The van der Waals surface area contributed by atoms with E-state index in [4.69, 9.17) is 5.73 Å². The third-order valence-electron chi connectivity index (χ3n) is 1.92. The van der Waals surface area contributed by atoms with Crippen LogP contribution in [0.15, 0.2) is 15.8 Å². The number of hydrogen-bond donors (Lipinski definition) is 1. The third-order valence-corrected chi connectivity index (χ3v) is 2.83. The molecule has 0 spiro atoms. The average Bonchev–Trinajstić information content (AvgIpc) is 2.48. The normalized spacial score (nSPS) is 12.0. The molecular formula is C10H16N2S. The molecule has 0 amide bonds. The summed E-state index contributed by atoms with van der Waals surface area (Å²) in [5, 5.41) is 4.28. The van der Waals surface area contributed by atoms with E-state index in [-0.39, 0.29) is 0 Å². The summed E-state index contributed by atoms with van der Waals surface area (Å²) in [4.78, 5) is 4.32. The molecule has 2 N–H and O–H groups in total. The van der Waals surface area contributed by atoms with Crippen molar-refractivity contribution < 1.29 is 0 Å². The van der Waals surface area contributed by atoms with Crippen LogP contribution in [0.25, 0.3) is 0 Å². The van der Waals surface area contributed by atoms with Crippen molar-refractivity contribution in [2.75, 3.05) is 0 Å².